The van der Waals surface area contributed by atoms with Gasteiger partial charge in [0.25, 0.3) is 0 Å². The van der Waals surface area contributed by atoms with Gasteiger partial charge in [0.2, 0.25) is 0 Å². The second-order valence-corrected chi connectivity index (χ2v) is 6.13. The number of hydrogen-bond acceptors (Lipinski definition) is 2. The molecule has 1 rings (SSSR count). The number of hydrogen-bond donors (Lipinski definition) is 2. The fraction of sp³-hybridized carbons (Fsp3) is 1.00. The van der Waals surface area contributed by atoms with Crippen LogP contribution in [0.4, 0.5) is 0 Å². The van der Waals surface area contributed by atoms with Crippen molar-refractivity contribution in [3.63, 3.8) is 0 Å². The van der Waals surface area contributed by atoms with Gasteiger partial charge in [-0.3, -0.25) is 0 Å². The summed E-state index contributed by atoms with van der Waals surface area (Å²) >= 11 is 0. The molecule has 2 atom stereocenters. The van der Waals surface area contributed by atoms with E-state index in [0.717, 1.165) is 31.7 Å². The van der Waals surface area contributed by atoms with E-state index in [1.54, 1.807) is 0 Å². The van der Waals surface area contributed by atoms with E-state index in [-0.39, 0.29) is 0 Å². The first-order chi connectivity index (χ1) is 7.49. The molecule has 2 unspecified atom stereocenters. The molecule has 0 aromatic carbocycles. The van der Waals surface area contributed by atoms with Crippen molar-refractivity contribution < 1.29 is 5.11 Å². The first-order valence-electron chi connectivity index (χ1n) is 6.95. The molecule has 0 aromatic heterocycles. The number of piperidine rings is 1. The van der Waals surface area contributed by atoms with Crippen LogP contribution in [0.2, 0.25) is 0 Å². The summed E-state index contributed by atoms with van der Waals surface area (Å²) < 4.78 is 0. The van der Waals surface area contributed by atoms with Crippen molar-refractivity contribution in [2.45, 2.75) is 77.4 Å². The Morgan fingerprint density at radius 2 is 2.12 bits per heavy atom. The minimum atomic E-state index is -0.468. The Morgan fingerprint density at radius 1 is 1.38 bits per heavy atom. The van der Waals surface area contributed by atoms with Gasteiger partial charge < -0.3 is 10.4 Å². The predicted octanol–water partition coefficient (Wildman–Crippen LogP) is 3.10. The predicted molar refractivity (Wildman–Crippen MR) is 69.6 cm³/mol. The van der Waals surface area contributed by atoms with Gasteiger partial charge in [0, 0.05) is 6.04 Å². The molecule has 16 heavy (non-hydrogen) atoms. The summed E-state index contributed by atoms with van der Waals surface area (Å²) in [7, 11) is 0. The van der Waals surface area contributed by atoms with Crippen molar-refractivity contribution in [3.8, 4) is 0 Å². The average Bonchev–Trinajstić information content (AvgIpc) is 2.17. The summed E-state index contributed by atoms with van der Waals surface area (Å²) in [5.74, 6) is 0.753. The van der Waals surface area contributed by atoms with E-state index in [0.29, 0.717) is 6.04 Å². The summed E-state index contributed by atoms with van der Waals surface area (Å²) in [5, 5.41) is 13.9. The zero-order valence-corrected chi connectivity index (χ0v) is 11.3. The Kier molecular flexibility index (Phi) is 5.77. The van der Waals surface area contributed by atoms with Crippen LogP contribution < -0.4 is 5.32 Å². The van der Waals surface area contributed by atoms with Crippen molar-refractivity contribution in [2.24, 2.45) is 5.92 Å². The maximum atomic E-state index is 10.3. The minimum absolute atomic E-state index is 0.468. The van der Waals surface area contributed by atoms with Gasteiger partial charge in [-0.05, 0) is 45.1 Å². The van der Waals surface area contributed by atoms with Crippen molar-refractivity contribution >= 4 is 0 Å². The number of rotatable bonds is 6. The smallest absolute Gasteiger partial charge is 0.0634 e. The Balaban J connectivity index is 2.21. The van der Waals surface area contributed by atoms with Crippen LogP contribution in [0.5, 0.6) is 0 Å². The van der Waals surface area contributed by atoms with Crippen molar-refractivity contribution in [1.82, 2.24) is 5.32 Å². The maximum Gasteiger partial charge on any atom is 0.0634 e. The summed E-state index contributed by atoms with van der Waals surface area (Å²) in [4.78, 5) is 0. The third kappa shape index (κ3) is 5.86. The van der Waals surface area contributed by atoms with Crippen LogP contribution in [0.25, 0.3) is 0 Å². The summed E-state index contributed by atoms with van der Waals surface area (Å²) in [6.07, 6.45) is 8.10. The lowest BCUT2D eigenvalue weighted by Gasteiger charge is -2.31. The van der Waals surface area contributed by atoms with Gasteiger partial charge in [-0.25, -0.2) is 0 Å². The molecule has 96 valence electrons. The highest BCUT2D eigenvalue weighted by atomic mass is 16.3. The van der Waals surface area contributed by atoms with Gasteiger partial charge in [-0.2, -0.15) is 0 Å². The van der Waals surface area contributed by atoms with Gasteiger partial charge in [0.15, 0.2) is 0 Å². The van der Waals surface area contributed by atoms with Crippen molar-refractivity contribution in [2.75, 3.05) is 6.54 Å². The molecule has 0 spiro atoms. The highest BCUT2D eigenvalue weighted by Crippen LogP contribution is 2.24. The number of aliphatic hydroxyl groups is 1. The normalized spacial score (nSPS) is 25.7. The van der Waals surface area contributed by atoms with Crippen LogP contribution in [0, 0.1) is 5.92 Å². The lowest BCUT2D eigenvalue weighted by atomic mass is 9.87. The van der Waals surface area contributed by atoms with E-state index < -0.39 is 5.60 Å². The molecule has 2 heteroatoms. The lowest BCUT2D eigenvalue weighted by molar-refractivity contribution is 0.0255. The molecule has 1 fully saturated rings. The second-order valence-electron chi connectivity index (χ2n) is 6.13. The first-order valence-corrected chi connectivity index (χ1v) is 6.95. The largest absolute Gasteiger partial charge is 0.390 e. The molecule has 1 aliphatic heterocycles. The molecule has 0 amide bonds. The van der Waals surface area contributed by atoms with Gasteiger partial charge >= 0.3 is 0 Å². The van der Waals surface area contributed by atoms with E-state index in [4.69, 9.17) is 0 Å². The summed E-state index contributed by atoms with van der Waals surface area (Å²) in [6.45, 7) is 7.63. The van der Waals surface area contributed by atoms with Gasteiger partial charge in [-0.1, -0.05) is 33.1 Å². The minimum Gasteiger partial charge on any atom is -0.390 e. The lowest BCUT2D eigenvalue weighted by Crippen LogP contribution is -2.40. The van der Waals surface area contributed by atoms with E-state index in [1.165, 1.54) is 25.7 Å². The van der Waals surface area contributed by atoms with Crippen LogP contribution >= 0.6 is 0 Å². The molecular weight excluding hydrogens is 198 g/mol. The zero-order valence-electron chi connectivity index (χ0n) is 11.3. The van der Waals surface area contributed by atoms with Gasteiger partial charge in [0.1, 0.15) is 0 Å². The van der Waals surface area contributed by atoms with E-state index in [2.05, 4.69) is 19.2 Å². The zero-order chi connectivity index (χ0) is 12.0. The van der Waals surface area contributed by atoms with E-state index in [9.17, 15) is 5.11 Å². The molecule has 0 aliphatic carbocycles. The third-order valence-corrected chi connectivity index (χ3v) is 3.60. The standard InChI is InChI=1S/C14H29NO/c1-12(2)7-6-9-14(3,16)11-13-8-4-5-10-15-13/h12-13,15-16H,4-11H2,1-3H3. The molecule has 0 saturated carbocycles. The van der Waals surface area contributed by atoms with E-state index in [1.807, 2.05) is 6.92 Å². The molecule has 1 saturated heterocycles. The molecule has 1 heterocycles. The van der Waals surface area contributed by atoms with Gasteiger partial charge in [-0.15, -0.1) is 0 Å². The fourth-order valence-electron chi connectivity index (χ4n) is 2.62. The highest BCUT2D eigenvalue weighted by Gasteiger charge is 2.25. The topological polar surface area (TPSA) is 32.3 Å². The van der Waals surface area contributed by atoms with Crippen molar-refractivity contribution in [1.29, 1.82) is 0 Å². The Bertz CT molecular complexity index is 183. The molecule has 0 radical (unpaired) electrons. The first kappa shape index (κ1) is 14.0. The quantitative estimate of drug-likeness (QED) is 0.731. The van der Waals surface area contributed by atoms with E-state index >= 15 is 0 Å². The average molecular weight is 227 g/mol. The monoisotopic (exact) mass is 227 g/mol. The highest BCUT2D eigenvalue weighted by molar-refractivity contribution is 4.82. The number of nitrogens with one attached hydrogen (secondary N) is 1. The van der Waals surface area contributed by atoms with Crippen LogP contribution in [0.1, 0.15) is 65.7 Å². The van der Waals surface area contributed by atoms with Crippen LogP contribution in [-0.4, -0.2) is 23.3 Å². The molecule has 0 aromatic rings. The third-order valence-electron chi connectivity index (χ3n) is 3.60. The molecule has 2 nitrogen and oxygen atoms in total. The second kappa shape index (κ2) is 6.61. The van der Waals surface area contributed by atoms with Crippen molar-refractivity contribution in [3.05, 3.63) is 0 Å². The summed E-state index contributed by atoms with van der Waals surface area (Å²) in [6, 6.07) is 0.544. The summed E-state index contributed by atoms with van der Waals surface area (Å²) in [5.41, 5.74) is -0.468. The SMILES string of the molecule is CC(C)CCCC(C)(O)CC1CCCCN1. The molecular formula is C14H29NO. The molecule has 2 N–H and O–H groups in total. The van der Waals surface area contributed by atoms with Crippen LogP contribution in [0.15, 0.2) is 0 Å². The maximum absolute atomic E-state index is 10.3. The molecule has 1 aliphatic rings. The fourth-order valence-corrected chi connectivity index (χ4v) is 2.62. The Morgan fingerprint density at radius 3 is 2.69 bits per heavy atom. The van der Waals surface area contributed by atoms with Crippen LogP contribution in [-0.2, 0) is 0 Å². The molecule has 0 bridgehead atoms. The van der Waals surface area contributed by atoms with Gasteiger partial charge in [0.05, 0.1) is 5.60 Å². The van der Waals surface area contributed by atoms with Crippen LogP contribution in [0.3, 0.4) is 0 Å². The Hall–Kier alpha value is -0.0800. The Labute approximate surface area is 101 Å².